The maximum absolute atomic E-state index is 13.3. The van der Waals surface area contributed by atoms with Crippen LogP contribution in [0.2, 0.25) is 0 Å². The zero-order valence-electron chi connectivity index (χ0n) is 23.4. The van der Waals surface area contributed by atoms with E-state index in [2.05, 4.69) is 43.0 Å². The molecule has 1 rings (SSSR count). The SMILES string of the molecule is CC.CCC(C)CCN(CC(CC)SC)C(=O)OC(C)(C)C.Cc1c(Br)cc([N+](=O)[O-])c(C#N)c1F. The number of hydrogen-bond acceptors (Lipinski definition) is 6. The highest BCUT2D eigenvalue weighted by molar-refractivity contribution is 9.10. The van der Waals surface area contributed by atoms with Gasteiger partial charge in [-0.1, -0.05) is 57.0 Å². The highest BCUT2D eigenvalue weighted by atomic mass is 79.9. The van der Waals surface area contributed by atoms with Crippen molar-refractivity contribution in [3.63, 3.8) is 0 Å². The van der Waals surface area contributed by atoms with E-state index in [0.29, 0.717) is 11.2 Å². The van der Waals surface area contributed by atoms with Gasteiger partial charge in [-0.3, -0.25) is 10.1 Å². The minimum atomic E-state index is -0.853. The number of nitriles is 1. The monoisotopic (exact) mass is 591 g/mol. The molecule has 2 unspecified atom stereocenters. The van der Waals surface area contributed by atoms with Gasteiger partial charge in [-0.2, -0.15) is 17.0 Å². The average Bonchev–Trinajstić information content (AvgIpc) is 2.82. The predicted octanol–water partition coefficient (Wildman–Crippen LogP) is 8.50. The van der Waals surface area contributed by atoms with Gasteiger partial charge in [0, 0.05) is 34.4 Å². The number of amides is 1. The van der Waals surface area contributed by atoms with E-state index in [9.17, 15) is 19.3 Å². The highest BCUT2D eigenvalue weighted by Gasteiger charge is 2.24. The van der Waals surface area contributed by atoms with Crippen LogP contribution in [0, 0.1) is 40.1 Å². The Labute approximate surface area is 229 Å². The summed E-state index contributed by atoms with van der Waals surface area (Å²) in [5.41, 5.74) is -1.29. The Morgan fingerprint density at radius 2 is 1.89 bits per heavy atom. The van der Waals surface area contributed by atoms with Crippen molar-refractivity contribution in [1.29, 1.82) is 5.26 Å². The van der Waals surface area contributed by atoms with Gasteiger partial charge in [-0.05, 0) is 52.7 Å². The number of carbonyl (C=O) groups is 1. The molecule has 0 saturated carbocycles. The lowest BCUT2D eigenvalue weighted by molar-refractivity contribution is -0.385. The fourth-order valence-corrected chi connectivity index (χ4v) is 3.79. The molecule has 7 nitrogen and oxygen atoms in total. The Hall–Kier alpha value is -1.86. The van der Waals surface area contributed by atoms with Crippen LogP contribution in [0.15, 0.2) is 10.5 Å². The molecule has 2 atom stereocenters. The van der Waals surface area contributed by atoms with E-state index < -0.39 is 27.6 Å². The molecular formula is C26H43BrFN3O4S. The second kappa shape index (κ2) is 18.4. The van der Waals surface area contributed by atoms with E-state index in [1.54, 1.807) is 0 Å². The number of rotatable bonds is 9. The second-order valence-corrected chi connectivity index (χ2v) is 11.0. The van der Waals surface area contributed by atoms with Crippen molar-refractivity contribution < 1.29 is 18.8 Å². The number of nitro groups is 1. The van der Waals surface area contributed by atoms with Gasteiger partial charge in [0.15, 0.2) is 11.4 Å². The predicted molar refractivity (Wildman–Crippen MR) is 151 cm³/mol. The molecule has 0 radical (unpaired) electrons. The molecule has 206 valence electrons. The minimum Gasteiger partial charge on any atom is -0.444 e. The first-order valence-corrected chi connectivity index (χ1v) is 14.3. The Bertz CT molecular complexity index is 868. The standard InChI is InChI=1S/C16H33NO2S.C8H4BrFN2O2.C2H6/c1-8-13(3)10-11-17(12-14(9-2)20-7)15(18)19-16(4,5)6;1-4-6(9)2-7(12(13)14)5(3-11)8(4)10;1-2/h13-14H,8-12H2,1-7H3;2H,1H3;1-2H3. The molecule has 1 amide bonds. The summed E-state index contributed by atoms with van der Waals surface area (Å²) in [4.78, 5) is 23.9. The fourth-order valence-electron chi connectivity index (χ4n) is 2.74. The summed E-state index contributed by atoms with van der Waals surface area (Å²) in [6.07, 6.45) is 5.20. The van der Waals surface area contributed by atoms with E-state index >= 15 is 0 Å². The Morgan fingerprint density at radius 3 is 2.28 bits per heavy atom. The molecular weight excluding hydrogens is 549 g/mol. The summed E-state index contributed by atoms with van der Waals surface area (Å²) < 4.78 is 19.1. The average molecular weight is 593 g/mol. The van der Waals surface area contributed by atoms with Crippen molar-refractivity contribution >= 4 is 39.5 Å². The van der Waals surface area contributed by atoms with Gasteiger partial charge in [-0.25, -0.2) is 9.18 Å². The Kier molecular flexibility index (Phi) is 18.5. The van der Waals surface area contributed by atoms with Gasteiger partial charge in [0.2, 0.25) is 0 Å². The van der Waals surface area contributed by atoms with Gasteiger partial charge >= 0.3 is 6.09 Å². The highest BCUT2D eigenvalue weighted by Crippen LogP contribution is 2.29. The molecule has 0 aromatic heterocycles. The van der Waals surface area contributed by atoms with Gasteiger partial charge in [-0.15, -0.1) is 0 Å². The van der Waals surface area contributed by atoms with Crippen LogP contribution in [-0.4, -0.2) is 46.1 Å². The van der Waals surface area contributed by atoms with Crippen molar-refractivity contribution in [2.45, 2.75) is 92.4 Å². The fraction of sp³-hybridized carbons (Fsp3) is 0.692. The summed E-state index contributed by atoms with van der Waals surface area (Å²) in [6.45, 7) is 19.4. The van der Waals surface area contributed by atoms with Crippen molar-refractivity contribution in [3.05, 3.63) is 37.6 Å². The van der Waals surface area contributed by atoms with E-state index in [1.165, 1.54) is 13.0 Å². The molecule has 0 aliphatic heterocycles. The molecule has 1 aromatic rings. The van der Waals surface area contributed by atoms with E-state index in [1.807, 2.05) is 51.3 Å². The number of nitrogens with zero attached hydrogens (tertiary/aromatic N) is 3. The van der Waals surface area contributed by atoms with Crippen molar-refractivity contribution in [1.82, 2.24) is 4.90 Å². The van der Waals surface area contributed by atoms with Crippen molar-refractivity contribution in [3.8, 4) is 6.07 Å². The van der Waals surface area contributed by atoms with Gasteiger partial charge in [0.1, 0.15) is 11.7 Å². The molecule has 10 heteroatoms. The lowest BCUT2D eigenvalue weighted by Gasteiger charge is -2.30. The molecule has 0 fully saturated rings. The number of ether oxygens (including phenoxy) is 1. The van der Waals surface area contributed by atoms with E-state index in [-0.39, 0.29) is 16.1 Å². The van der Waals surface area contributed by atoms with Crippen molar-refractivity contribution in [2.24, 2.45) is 5.92 Å². The van der Waals surface area contributed by atoms with Crippen LogP contribution < -0.4 is 0 Å². The first kappa shape index (κ1) is 36.3. The second-order valence-electron chi connectivity index (χ2n) is 9.05. The quantitative estimate of drug-likeness (QED) is 0.211. The summed E-state index contributed by atoms with van der Waals surface area (Å²) in [5.74, 6) is -0.206. The van der Waals surface area contributed by atoms with Crippen molar-refractivity contribution in [2.75, 3.05) is 19.3 Å². The minimum absolute atomic E-state index is 0.173. The van der Waals surface area contributed by atoms with Crippen LogP contribution in [-0.2, 0) is 4.74 Å². The summed E-state index contributed by atoms with van der Waals surface area (Å²) >= 11 is 4.80. The van der Waals surface area contributed by atoms with E-state index in [4.69, 9.17) is 10.00 Å². The molecule has 0 N–H and O–H groups in total. The van der Waals surface area contributed by atoms with Crippen LogP contribution in [0.1, 0.15) is 85.8 Å². The van der Waals surface area contributed by atoms with Crippen LogP contribution >= 0.6 is 27.7 Å². The number of thioether (sulfide) groups is 1. The zero-order valence-corrected chi connectivity index (χ0v) is 25.8. The zero-order chi connectivity index (χ0) is 28.6. The number of carbonyl (C=O) groups excluding carboxylic acids is 1. The van der Waals surface area contributed by atoms with Crippen LogP contribution in [0.3, 0.4) is 0 Å². The smallest absolute Gasteiger partial charge is 0.410 e. The normalized spacial score (nSPS) is 12.1. The largest absolute Gasteiger partial charge is 0.444 e. The topological polar surface area (TPSA) is 96.5 Å². The molecule has 0 bridgehead atoms. The lowest BCUT2D eigenvalue weighted by Crippen LogP contribution is -2.41. The van der Waals surface area contributed by atoms with E-state index in [0.717, 1.165) is 38.4 Å². The molecule has 0 saturated heterocycles. The lowest BCUT2D eigenvalue weighted by atomic mass is 10.1. The summed E-state index contributed by atoms with van der Waals surface area (Å²) in [6, 6.07) is 2.60. The van der Waals surface area contributed by atoms with Gasteiger partial charge in [0.05, 0.1) is 4.92 Å². The number of benzene rings is 1. The third-order valence-electron chi connectivity index (χ3n) is 5.19. The maximum Gasteiger partial charge on any atom is 0.410 e. The molecule has 0 heterocycles. The maximum atomic E-state index is 13.3. The van der Waals surface area contributed by atoms with Crippen LogP contribution in [0.25, 0.3) is 0 Å². The number of halogens is 2. The van der Waals surface area contributed by atoms with Crippen LogP contribution in [0.4, 0.5) is 14.9 Å². The molecule has 1 aromatic carbocycles. The Balaban J connectivity index is 0. The molecule has 0 aliphatic carbocycles. The first-order valence-electron chi connectivity index (χ1n) is 12.3. The van der Waals surface area contributed by atoms with Gasteiger partial charge in [0.25, 0.3) is 5.69 Å². The summed E-state index contributed by atoms with van der Waals surface area (Å²) in [5, 5.41) is 19.5. The summed E-state index contributed by atoms with van der Waals surface area (Å²) in [7, 11) is 0. The first-order chi connectivity index (χ1) is 16.7. The molecule has 36 heavy (non-hydrogen) atoms. The third kappa shape index (κ3) is 13.4. The number of hydrogen-bond donors (Lipinski definition) is 0. The third-order valence-corrected chi connectivity index (χ3v) is 7.16. The Morgan fingerprint density at radius 1 is 1.33 bits per heavy atom. The van der Waals surface area contributed by atoms with Crippen LogP contribution in [0.5, 0.6) is 0 Å². The molecule has 0 spiro atoms. The number of nitro benzene ring substituents is 1. The molecule has 0 aliphatic rings. The van der Waals surface area contributed by atoms with Gasteiger partial charge < -0.3 is 9.64 Å².